The van der Waals surface area contributed by atoms with Gasteiger partial charge in [0.05, 0.1) is 6.04 Å². The third-order valence-corrected chi connectivity index (χ3v) is 3.32. The molecule has 2 rings (SSSR count). The number of rotatable bonds is 4. The summed E-state index contributed by atoms with van der Waals surface area (Å²) in [6, 6.07) is 12.9. The van der Waals surface area contributed by atoms with Gasteiger partial charge < -0.3 is 5.32 Å². The van der Waals surface area contributed by atoms with E-state index in [1.807, 2.05) is 19.1 Å². The van der Waals surface area contributed by atoms with Crippen molar-refractivity contribution in [2.45, 2.75) is 19.4 Å². The van der Waals surface area contributed by atoms with E-state index in [1.165, 1.54) is 18.2 Å². The third-order valence-electron chi connectivity index (χ3n) is 3.07. The van der Waals surface area contributed by atoms with E-state index in [-0.39, 0.29) is 11.9 Å². The van der Waals surface area contributed by atoms with Crippen molar-refractivity contribution >= 4 is 17.5 Å². The molecule has 1 N–H and O–H groups in total. The molecule has 0 aliphatic rings. The Kier molecular flexibility index (Phi) is 4.74. The van der Waals surface area contributed by atoms with Crippen molar-refractivity contribution in [3.8, 4) is 0 Å². The minimum absolute atomic E-state index is 0.122. The summed E-state index contributed by atoms with van der Waals surface area (Å²) in [5.74, 6) is -0.705. The third kappa shape index (κ3) is 3.58. The Morgan fingerprint density at radius 2 is 1.95 bits per heavy atom. The summed E-state index contributed by atoms with van der Waals surface area (Å²) in [5.41, 5.74) is 1.29. The summed E-state index contributed by atoms with van der Waals surface area (Å²) in [5, 5.41) is 3.55. The van der Waals surface area contributed by atoms with E-state index in [9.17, 15) is 9.18 Å². The fourth-order valence-corrected chi connectivity index (χ4v) is 2.11. The van der Waals surface area contributed by atoms with Crippen molar-refractivity contribution in [3.05, 3.63) is 70.5 Å². The fraction of sp³-hybridized carbons (Fsp3) is 0.188. The highest BCUT2D eigenvalue weighted by Gasteiger charge is 2.14. The monoisotopic (exact) mass is 291 g/mol. The molecule has 2 aromatic carbocycles. The quantitative estimate of drug-likeness (QED) is 0.891. The number of halogens is 2. The Balaban J connectivity index is 2.14. The molecule has 0 aliphatic carbocycles. The highest BCUT2D eigenvalue weighted by Crippen LogP contribution is 2.19. The summed E-state index contributed by atoms with van der Waals surface area (Å²) in [6.45, 7) is 1.98. The van der Waals surface area contributed by atoms with Crippen molar-refractivity contribution in [1.29, 1.82) is 0 Å². The minimum Gasteiger partial charge on any atom is -0.345 e. The molecule has 0 aromatic heterocycles. The summed E-state index contributed by atoms with van der Waals surface area (Å²) in [7, 11) is 0. The summed E-state index contributed by atoms with van der Waals surface area (Å²) in [6.07, 6.45) is 0.739. The van der Waals surface area contributed by atoms with Gasteiger partial charge in [-0.05, 0) is 42.3 Å². The van der Waals surface area contributed by atoms with E-state index in [0.717, 1.165) is 12.0 Å². The van der Waals surface area contributed by atoms with E-state index >= 15 is 0 Å². The van der Waals surface area contributed by atoms with Crippen molar-refractivity contribution < 1.29 is 9.18 Å². The van der Waals surface area contributed by atoms with Gasteiger partial charge in [-0.2, -0.15) is 0 Å². The van der Waals surface area contributed by atoms with Crippen LogP contribution in [0.25, 0.3) is 0 Å². The number of carbonyl (C=O) groups excluding carboxylic acids is 1. The first kappa shape index (κ1) is 14.5. The van der Waals surface area contributed by atoms with Gasteiger partial charge in [-0.1, -0.05) is 36.7 Å². The normalized spacial score (nSPS) is 11.9. The smallest absolute Gasteiger partial charge is 0.251 e. The van der Waals surface area contributed by atoms with Gasteiger partial charge in [0, 0.05) is 10.6 Å². The van der Waals surface area contributed by atoms with Crippen LogP contribution in [0.2, 0.25) is 5.02 Å². The second-order valence-electron chi connectivity index (χ2n) is 4.50. The lowest BCUT2D eigenvalue weighted by Crippen LogP contribution is -2.28. The van der Waals surface area contributed by atoms with Gasteiger partial charge in [0.1, 0.15) is 5.82 Å². The average molecular weight is 292 g/mol. The molecule has 0 fully saturated rings. The number of amides is 1. The molecule has 1 atom stereocenters. The van der Waals surface area contributed by atoms with Crippen molar-refractivity contribution in [3.63, 3.8) is 0 Å². The largest absolute Gasteiger partial charge is 0.345 e. The van der Waals surface area contributed by atoms with Gasteiger partial charge in [0.2, 0.25) is 0 Å². The summed E-state index contributed by atoms with van der Waals surface area (Å²) < 4.78 is 13.1. The maximum Gasteiger partial charge on any atom is 0.251 e. The van der Waals surface area contributed by atoms with Gasteiger partial charge in [0.25, 0.3) is 5.91 Å². The van der Waals surface area contributed by atoms with Gasteiger partial charge in [-0.3, -0.25) is 4.79 Å². The van der Waals surface area contributed by atoms with Gasteiger partial charge in [-0.15, -0.1) is 0 Å². The Labute approximate surface area is 122 Å². The van der Waals surface area contributed by atoms with E-state index in [4.69, 9.17) is 11.6 Å². The number of hydrogen-bond acceptors (Lipinski definition) is 1. The zero-order valence-corrected chi connectivity index (χ0v) is 11.8. The molecule has 2 nitrogen and oxygen atoms in total. The molecule has 0 saturated heterocycles. The van der Waals surface area contributed by atoms with Crippen LogP contribution in [0.4, 0.5) is 4.39 Å². The molecule has 0 radical (unpaired) electrons. The molecule has 104 valence electrons. The van der Waals surface area contributed by atoms with Crippen LogP contribution < -0.4 is 5.32 Å². The highest BCUT2D eigenvalue weighted by molar-refractivity contribution is 6.30. The Bertz CT molecular complexity index is 598. The van der Waals surface area contributed by atoms with Crippen LogP contribution in [0.1, 0.15) is 35.3 Å². The van der Waals surface area contributed by atoms with E-state index < -0.39 is 5.82 Å². The number of hydrogen-bond donors (Lipinski definition) is 1. The van der Waals surface area contributed by atoms with Crippen LogP contribution in [0.3, 0.4) is 0 Å². The molecule has 1 unspecified atom stereocenters. The first-order chi connectivity index (χ1) is 9.60. The summed E-state index contributed by atoms with van der Waals surface area (Å²) in [4.78, 5) is 12.1. The molecule has 0 aliphatic heterocycles. The predicted octanol–water partition coefficient (Wildman–Crippen LogP) is 4.36. The van der Waals surface area contributed by atoms with Crippen LogP contribution in [0.5, 0.6) is 0 Å². The van der Waals surface area contributed by atoms with Gasteiger partial charge in [0.15, 0.2) is 0 Å². The number of benzene rings is 2. The van der Waals surface area contributed by atoms with Crippen molar-refractivity contribution in [2.75, 3.05) is 0 Å². The molecule has 2 aromatic rings. The van der Waals surface area contributed by atoms with E-state index in [1.54, 1.807) is 18.2 Å². The molecule has 4 heteroatoms. The standard InChI is InChI=1S/C16H15ClFNO/c1-2-15(11-6-8-13(17)9-7-11)19-16(20)12-4-3-5-14(18)10-12/h3-10,15H,2H2,1H3,(H,19,20). The van der Waals surface area contributed by atoms with Crippen LogP contribution in [-0.4, -0.2) is 5.91 Å². The Morgan fingerprint density at radius 1 is 1.25 bits per heavy atom. The predicted molar refractivity (Wildman–Crippen MR) is 78.4 cm³/mol. The van der Waals surface area contributed by atoms with Crippen LogP contribution >= 0.6 is 11.6 Å². The highest BCUT2D eigenvalue weighted by atomic mass is 35.5. The van der Waals surface area contributed by atoms with Crippen LogP contribution in [0.15, 0.2) is 48.5 Å². The van der Waals surface area contributed by atoms with E-state index in [0.29, 0.717) is 10.6 Å². The lowest BCUT2D eigenvalue weighted by molar-refractivity contribution is 0.0935. The molecule has 0 saturated carbocycles. The SMILES string of the molecule is CCC(NC(=O)c1cccc(F)c1)c1ccc(Cl)cc1. The molecule has 0 bridgehead atoms. The molecule has 1 amide bonds. The molecule has 0 spiro atoms. The number of nitrogens with one attached hydrogen (secondary N) is 1. The fourth-order valence-electron chi connectivity index (χ4n) is 1.99. The van der Waals surface area contributed by atoms with Crippen LogP contribution in [-0.2, 0) is 0 Å². The van der Waals surface area contributed by atoms with Gasteiger partial charge in [-0.25, -0.2) is 4.39 Å². The van der Waals surface area contributed by atoms with Crippen LogP contribution in [0, 0.1) is 5.82 Å². The Hall–Kier alpha value is -1.87. The molecule has 0 heterocycles. The summed E-state index contributed by atoms with van der Waals surface area (Å²) >= 11 is 5.85. The second kappa shape index (κ2) is 6.53. The van der Waals surface area contributed by atoms with E-state index in [2.05, 4.69) is 5.32 Å². The topological polar surface area (TPSA) is 29.1 Å². The minimum atomic E-state index is -0.419. The zero-order valence-electron chi connectivity index (χ0n) is 11.1. The number of carbonyl (C=O) groups is 1. The molecule has 20 heavy (non-hydrogen) atoms. The molecular weight excluding hydrogens is 277 g/mol. The zero-order chi connectivity index (χ0) is 14.5. The lowest BCUT2D eigenvalue weighted by Gasteiger charge is -2.17. The van der Waals surface area contributed by atoms with Crippen molar-refractivity contribution in [2.24, 2.45) is 0 Å². The second-order valence-corrected chi connectivity index (χ2v) is 4.93. The van der Waals surface area contributed by atoms with Gasteiger partial charge >= 0.3 is 0 Å². The first-order valence-electron chi connectivity index (χ1n) is 6.42. The average Bonchev–Trinajstić information content (AvgIpc) is 2.45. The molecular formula is C16H15ClFNO. The maximum absolute atomic E-state index is 13.1. The van der Waals surface area contributed by atoms with Crippen molar-refractivity contribution in [1.82, 2.24) is 5.32 Å². The Morgan fingerprint density at radius 3 is 2.55 bits per heavy atom. The maximum atomic E-state index is 13.1. The first-order valence-corrected chi connectivity index (χ1v) is 6.80. The lowest BCUT2D eigenvalue weighted by atomic mass is 10.0.